The van der Waals surface area contributed by atoms with E-state index in [1.165, 1.54) is 10.6 Å². The van der Waals surface area contributed by atoms with Gasteiger partial charge in [-0.2, -0.15) is 0 Å². The molecule has 14 heavy (non-hydrogen) atoms. The molecular formula is C9H10N4S. The van der Waals surface area contributed by atoms with E-state index >= 15 is 0 Å². The molecule has 0 radical (unpaired) electrons. The number of aromatic nitrogens is 3. The molecule has 1 aliphatic heterocycles. The van der Waals surface area contributed by atoms with E-state index in [2.05, 4.69) is 31.5 Å². The highest BCUT2D eigenvalue weighted by Gasteiger charge is 2.17. The Labute approximate surface area is 85.6 Å². The Balaban J connectivity index is 2.30. The van der Waals surface area contributed by atoms with Crippen LogP contribution in [0.3, 0.4) is 0 Å². The molecule has 4 nitrogen and oxygen atoms in total. The molecule has 3 heterocycles. The van der Waals surface area contributed by atoms with Crippen LogP contribution in [0.15, 0.2) is 11.4 Å². The van der Waals surface area contributed by atoms with Gasteiger partial charge in [0.1, 0.15) is 10.8 Å². The molecule has 0 unspecified atom stereocenters. The van der Waals surface area contributed by atoms with E-state index in [1.54, 1.807) is 11.3 Å². The second-order valence-corrected chi connectivity index (χ2v) is 4.25. The van der Waals surface area contributed by atoms with Crippen LogP contribution in [0, 0.1) is 6.92 Å². The zero-order chi connectivity index (χ0) is 9.54. The molecular weight excluding hydrogens is 196 g/mol. The Morgan fingerprint density at radius 3 is 3.29 bits per heavy atom. The van der Waals surface area contributed by atoms with Crippen LogP contribution in [-0.2, 0) is 13.1 Å². The fourth-order valence-electron chi connectivity index (χ4n) is 1.75. The van der Waals surface area contributed by atoms with E-state index in [4.69, 9.17) is 0 Å². The fraction of sp³-hybridized carbons (Fsp3) is 0.333. The van der Waals surface area contributed by atoms with Crippen LogP contribution in [0.5, 0.6) is 0 Å². The van der Waals surface area contributed by atoms with Crippen molar-refractivity contribution >= 4 is 11.3 Å². The molecule has 0 aromatic carbocycles. The topological polar surface area (TPSA) is 42.7 Å². The molecule has 0 bridgehead atoms. The van der Waals surface area contributed by atoms with Crippen molar-refractivity contribution in [3.63, 3.8) is 0 Å². The molecule has 0 atom stereocenters. The lowest BCUT2D eigenvalue weighted by molar-refractivity contribution is 0.673. The number of rotatable bonds is 0. The van der Waals surface area contributed by atoms with E-state index in [0.717, 1.165) is 24.7 Å². The number of fused-ring (bicyclic) bond motifs is 3. The van der Waals surface area contributed by atoms with Crippen molar-refractivity contribution in [2.75, 3.05) is 0 Å². The molecule has 0 saturated heterocycles. The van der Waals surface area contributed by atoms with Gasteiger partial charge in [-0.25, -0.2) is 0 Å². The summed E-state index contributed by atoms with van der Waals surface area (Å²) >= 11 is 1.74. The molecule has 1 aliphatic rings. The Hall–Kier alpha value is -1.20. The average Bonchev–Trinajstić information content (AvgIpc) is 2.71. The second kappa shape index (κ2) is 2.90. The van der Waals surface area contributed by atoms with Gasteiger partial charge in [-0.3, -0.25) is 4.57 Å². The van der Waals surface area contributed by atoms with Crippen LogP contribution in [0.4, 0.5) is 0 Å². The first-order valence-corrected chi connectivity index (χ1v) is 5.42. The summed E-state index contributed by atoms with van der Waals surface area (Å²) in [4.78, 5) is 0. The second-order valence-electron chi connectivity index (χ2n) is 3.35. The highest BCUT2D eigenvalue weighted by atomic mass is 32.1. The van der Waals surface area contributed by atoms with Crippen molar-refractivity contribution in [1.82, 2.24) is 20.1 Å². The van der Waals surface area contributed by atoms with Crippen LogP contribution in [0.1, 0.15) is 17.2 Å². The third kappa shape index (κ3) is 1.03. The number of aryl methyl sites for hydroxylation is 1. The van der Waals surface area contributed by atoms with Crippen molar-refractivity contribution in [3.05, 3.63) is 28.7 Å². The maximum absolute atomic E-state index is 4.15. The average molecular weight is 206 g/mol. The zero-order valence-corrected chi connectivity index (χ0v) is 8.64. The van der Waals surface area contributed by atoms with Crippen molar-refractivity contribution in [1.29, 1.82) is 0 Å². The number of nitrogens with one attached hydrogen (secondary N) is 1. The quantitative estimate of drug-likeness (QED) is 0.705. The minimum Gasteiger partial charge on any atom is -0.306 e. The molecule has 5 heteroatoms. The first-order chi connectivity index (χ1) is 6.86. The SMILES string of the molecule is Cc1nnc2n1-c1sccc1CNC2. The fourth-order valence-corrected chi connectivity index (χ4v) is 2.75. The Morgan fingerprint density at radius 1 is 1.43 bits per heavy atom. The molecule has 0 saturated carbocycles. The molecule has 3 rings (SSSR count). The van der Waals surface area contributed by atoms with Crippen molar-refractivity contribution in [2.45, 2.75) is 20.0 Å². The number of hydrogen-bond acceptors (Lipinski definition) is 4. The Kier molecular flexibility index (Phi) is 1.68. The van der Waals surface area contributed by atoms with Gasteiger partial charge in [0.25, 0.3) is 0 Å². The number of nitrogens with zero attached hydrogens (tertiary/aromatic N) is 3. The summed E-state index contributed by atoms with van der Waals surface area (Å²) in [7, 11) is 0. The maximum atomic E-state index is 4.15. The normalized spacial score (nSPS) is 14.6. The molecule has 1 N–H and O–H groups in total. The van der Waals surface area contributed by atoms with Crippen molar-refractivity contribution in [2.24, 2.45) is 0 Å². The monoisotopic (exact) mass is 206 g/mol. The van der Waals surface area contributed by atoms with E-state index in [-0.39, 0.29) is 0 Å². The molecule has 0 aliphatic carbocycles. The van der Waals surface area contributed by atoms with E-state index in [9.17, 15) is 0 Å². The van der Waals surface area contributed by atoms with Gasteiger partial charge in [-0.05, 0) is 18.4 Å². The van der Waals surface area contributed by atoms with Crippen LogP contribution in [0.25, 0.3) is 5.00 Å². The summed E-state index contributed by atoms with van der Waals surface area (Å²) in [5, 5.41) is 15.0. The smallest absolute Gasteiger partial charge is 0.152 e. The zero-order valence-electron chi connectivity index (χ0n) is 7.82. The van der Waals surface area contributed by atoms with Gasteiger partial charge in [0, 0.05) is 12.1 Å². The summed E-state index contributed by atoms with van der Waals surface area (Å²) in [5.74, 6) is 1.97. The van der Waals surface area contributed by atoms with Gasteiger partial charge < -0.3 is 5.32 Å². The van der Waals surface area contributed by atoms with Gasteiger partial charge in [-0.1, -0.05) is 0 Å². The minimum atomic E-state index is 0.794. The molecule has 2 aromatic rings. The van der Waals surface area contributed by atoms with Gasteiger partial charge in [-0.15, -0.1) is 21.5 Å². The van der Waals surface area contributed by atoms with Crippen LogP contribution in [-0.4, -0.2) is 14.8 Å². The van der Waals surface area contributed by atoms with E-state index in [0.29, 0.717) is 0 Å². The third-order valence-corrected chi connectivity index (χ3v) is 3.36. The molecule has 0 fully saturated rings. The Morgan fingerprint density at radius 2 is 2.36 bits per heavy atom. The van der Waals surface area contributed by atoms with Crippen molar-refractivity contribution in [3.8, 4) is 5.00 Å². The van der Waals surface area contributed by atoms with Gasteiger partial charge >= 0.3 is 0 Å². The minimum absolute atomic E-state index is 0.794. The predicted molar refractivity (Wildman–Crippen MR) is 54.5 cm³/mol. The number of thiophene rings is 1. The highest BCUT2D eigenvalue weighted by molar-refractivity contribution is 7.12. The van der Waals surface area contributed by atoms with Crippen LogP contribution in [0.2, 0.25) is 0 Å². The first kappa shape index (κ1) is 8.14. The summed E-state index contributed by atoms with van der Waals surface area (Å²) in [6.07, 6.45) is 0. The largest absolute Gasteiger partial charge is 0.306 e. The van der Waals surface area contributed by atoms with E-state index < -0.39 is 0 Å². The van der Waals surface area contributed by atoms with Crippen LogP contribution < -0.4 is 5.32 Å². The lowest BCUT2D eigenvalue weighted by Gasteiger charge is -2.02. The summed E-state index contributed by atoms with van der Waals surface area (Å²) in [6, 6.07) is 2.15. The Bertz CT molecular complexity index is 471. The van der Waals surface area contributed by atoms with Gasteiger partial charge in [0.2, 0.25) is 0 Å². The summed E-state index contributed by atoms with van der Waals surface area (Å²) in [6.45, 7) is 3.70. The molecule has 2 aromatic heterocycles. The number of hydrogen-bond donors (Lipinski definition) is 1. The summed E-state index contributed by atoms with van der Waals surface area (Å²) < 4.78 is 2.14. The maximum Gasteiger partial charge on any atom is 0.152 e. The highest BCUT2D eigenvalue weighted by Crippen LogP contribution is 2.25. The first-order valence-electron chi connectivity index (χ1n) is 4.54. The lowest BCUT2D eigenvalue weighted by Crippen LogP contribution is -2.11. The molecule has 0 amide bonds. The van der Waals surface area contributed by atoms with Gasteiger partial charge in [0.05, 0.1) is 6.54 Å². The van der Waals surface area contributed by atoms with Gasteiger partial charge in [0.15, 0.2) is 5.82 Å². The van der Waals surface area contributed by atoms with Crippen LogP contribution >= 0.6 is 11.3 Å². The van der Waals surface area contributed by atoms with Crippen molar-refractivity contribution < 1.29 is 0 Å². The predicted octanol–water partition coefficient (Wildman–Crippen LogP) is 1.24. The third-order valence-electron chi connectivity index (χ3n) is 2.42. The lowest BCUT2D eigenvalue weighted by atomic mass is 10.3. The molecule has 0 spiro atoms. The summed E-state index contributed by atoms with van der Waals surface area (Å²) in [5.41, 5.74) is 1.33. The standard InChI is InChI=1S/C9H10N4S/c1-6-11-12-8-5-10-4-7-2-3-14-9(7)13(6)8/h2-3,10H,4-5H2,1H3. The molecule has 72 valence electrons. The van der Waals surface area contributed by atoms with E-state index in [1.807, 2.05) is 6.92 Å².